The fraction of sp³-hybridized carbons (Fsp3) is 0.833. The minimum absolute atomic E-state index is 0.619. The maximum atomic E-state index is 5.20. The van der Waals surface area contributed by atoms with E-state index in [1.807, 2.05) is 7.05 Å². The number of likely N-dealkylation sites (tertiary alicyclic amines) is 1. The largest absolute Gasteiger partial charge is 0.340 e. The molecule has 2 heterocycles. The standard InChI is InChI=1S/C12H22N4O/c1-4-6-11-13-12(14-17-11)16(3)9-10-7-5-8-15(10)2/h10H,4-9H2,1-3H3. The van der Waals surface area contributed by atoms with Crippen molar-refractivity contribution in [3.63, 3.8) is 0 Å². The van der Waals surface area contributed by atoms with Crippen LogP contribution in [-0.4, -0.2) is 48.3 Å². The van der Waals surface area contributed by atoms with Crippen LogP contribution in [-0.2, 0) is 6.42 Å². The molecule has 1 aromatic rings. The molecule has 96 valence electrons. The summed E-state index contributed by atoms with van der Waals surface area (Å²) in [6, 6.07) is 0.619. The maximum absolute atomic E-state index is 5.20. The van der Waals surface area contributed by atoms with E-state index in [0.29, 0.717) is 12.0 Å². The monoisotopic (exact) mass is 238 g/mol. The van der Waals surface area contributed by atoms with E-state index in [-0.39, 0.29) is 0 Å². The van der Waals surface area contributed by atoms with Gasteiger partial charge in [0, 0.05) is 26.1 Å². The minimum Gasteiger partial charge on any atom is -0.340 e. The van der Waals surface area contributed by atoms with Gasteiger partial charge in [-0.15, -0.1) is 0 Å². The zero-order chi connectivity index (χ0) is 12.3. The van der Waals surface area contributed by atoms with Crippen LogP contribution < -0.4 is 4.90 Å². The number of aryl methyl sites for hydroxylation is 1. The minimum atomic E-state index is 0.619. The molecule has 0 bridgehead atoms. The second-order valence-corrected chi connectivity index (χ2v) is 4.90. The van der Waals surface area contributed by atoms with Gasteiger partial charge in [-0.3, -0.25) is 0 Å². The quantitative estimate of drug-likeness (QED) is 0.779. The molecule has 1 aliphatic heterocycles. The van der Waals surface area contributed by atoms with E-state index < -0.39 is 0 Å². The Morgan fingerprint density at radius 1 is 1.53 bits per heavy atom. The molecule has 1 aromatic heterocycles. The first-order valence-corrected chi connectivity index (χ1v) is 6.44. The van der Waals surface area contributed by atoms with Crippen molar-refractivity contribution in [1.82, 2.24) is 15.0 Å². The smallest absolute Gasteiger partial charge is 0.265 e. The lowest BCUT2D eigenvalue weighted by Gasteiger charge is -2.24. The highest BCUT2D eigenvalue weighted by Gasteiger charge is 2.23. The molecule has 0 N–H and O–H groups in total. The van der Waals surface area contributed by atoms with Crippen LogP contribution in [0, 0.1) is 0 Å². The number of hydrogen-bond acceptors (Lipinski definition) is 5. The molecule has 0 aromatic carbocycles. The lowest BCUT2D eigenvalue weighted by Crippen LogP contribution is -2.37. The Kier molecular flexibility index (Phi) is 3.99. The highest BCUT2D eigenvalue weighted by molar-refractivity contribution is 5.26. The fourth-order valence-corrected chi connectivity index (χ4v) is 2.32. The summed E-state index contributed by atoms with van der Waals surface area (Å²) in [6.45, 7) is 4.29. The van der Waals surface area contributed by atoms with Crippen molar-refractivity contribution in [2.45, 2.75) is 38.6 Å². The van der Waals surface area contributed by atoms with Gasteiger partial charge in [-0.1, -0.05) is 6.92 Å². The molecule has 17 heavy (non-hydrogen) atoms. The third-order valence-corrected chi connectivity index (χ3v) is 3.42. The van der Waals surface area contributed by atoms with Gasteiger partial charge in [0.15, 0.2) is 0 Å². The summed E-state index contributed by atoms with van der Waals surface area (Å²) in [5.41, 5.74) is 0. The molecular weight excluding hydrogens is 216 g/mol. The first-order chi connectivity index (χ1) is 8.20. The van der Waals surface area contributed by atoms with Crippen LogP contribution in [0.5, 0.6) is 0 Å². The predicted octanol–water partition coefficient (Wildman–Crippen LogP) is 1.55. The zero-order valence-corrected chi connectivity index (χ0v) is 11.0. The predicted molar refractivity (Wildman–Crippen MR) is 67.2 cm³/mol. The number of aromatic nitrogens is 2. The van der Waals surface area contributed by atoms with Crippen molar-refractivity contribution in [2.75, 3.05) is 32.1 Å². The van der Waals surface area contributed by atoms with E-state index in [1.165, 1.54) is 19.4 Å². The van der Waals surface area contributed by atoms with E-state index in [4.69, 9.17) is 4.52 Å². The van der Waals surface area contributed by atoms with Gasteiger partial charge >= 0.3 is 0 Å². The molecule has 5 heteroatoms. The van der Waals surface area contributed by atoms with Crippen LogP contribution in [0.2, 0.25) is 0 Å². The zero-order valence-electron chi connectivity index (χ0n) is 11.0. The number of anilines is 1. The Morgan fingerprint density at radius 3 is 3.00 bits per heavy atom. The van der Waals surface area contributed by atoms with E-state index in [9.17, 15) is 0 Å². The molecule has 1 aliphatic rings. The first-order valence-electron chi connectivity index (χ1n) is 6.44. The average molecular weight is 238 g/mol. The van der Waals surface area contributed by atoms with Gasteiger partial charge in [0.1, 0.15) is 0 Å². The van der Waals surface area contributed by atoms with Crippen LogP contribution >= 0.6 is 0 Å². The van der Waals surface area contributed by atoms with E-state index in [2.05, 4.69) is 33.9 Å². The third kappa shape index (κ3) is 2.97. The molecule has 1 atom stereocenters. The molecule has 1 saturated heterocycles. The summed E-state index contributed by atoms with van der Waals surface area (Å²) < 4.78 is 5.20. The number of hydrogen-bond donors (Lipinski definition) is 0. The third-order valence-electron chi connectivity index (χ3n) is 3.42. The molecular formula is C12H22N4O. The van der Waals surface area contributed by atoms with Crippen molar-refractivity contribution in [2.24, 2.45) is 0 Å². The summed E-state index contributed by atoms with van der Waals surface area (Å²) in [4.78, 5) is 8.90. The summed E-state index contributed by atoms with van der Waals surface area (Å²) >= 11 is 0. The first kappa shape index (κ1) is 12.4. The van der Waals surface area contributed by atoms with E-state index in [1.54, 1.807) is 0 Å². The van der Waals surface area contributed by atoms with Gasteiger partial charge < -0.3 is 14.3 Å². The normalized spacial score (nSPS) is 21.0. The molecule has 1 fully saturated rings. The van der Waals surface area contributed by atoms with Crippen molar-refractivity contribution in [1.29, 1.82) is 0 Å². The Morgan fingerprint density at radius 2 is 2.35 bits per heavy atom. The second-order valence-electron chi connectivity index (χ2n) is 4.90. The fourth-order valence-electron chi connectivity index (χ4n) is 2.32. The molecule has 0 amide bonds. The van der Waals surface area contributed by atoms with Crippen LogP contribution in [0.3, 0.4) is 0 Å². The maximum Gasteiger partial charge on any atom is 0.265 e. The van der Waals surface area contributed by atoms with Crippen molar-refractivity contribution in [3.05, 3.63) is 5.89 Å². The highest BCUT2D eigenvalue weighted by atomic mass is 16.5. The van der Waals surface area contributed by atoms with Gasteiger partial charge in [0.2, 0.25) is 5.89 Å². The molecule has 0 radical (unpaired) electrons. The second kappa shape index (κ2) is 5.49. The van der Waals surface area contributed by atoms with Gasteiger partial charge in [-0.05, 0) is 38.0 Å². The summed E-state index contributed by atoms with van der Waals surface area (Å²) in [5, 5.41) is 4.02. The van der Waals surface area contributed by atoms with Gasteiger partial charge in [-0.25, -0.2) is 0 Å². The Hall–Kier alpha value is -1.10. The van der Waals surface area contributed by atoms with Crippen LogP contribution in [0.25, 0.3) is 0 Å². The van der Waals surface area contributed by atoms with E-state index >= 15 is 0 Å². The summed E-state index contributed by atoms with van der Waals surface area (Å²) in [6.07, 6.45) is 4.46. The van der Waals surface area contributed by atoms with Crippen LogP contribution in [0.15, 0.2) is 4.52 Å². The lowest BCUT2D eigenvalue weighted by molar-refractivity contribution is 0.312. The molecule has 1 unspecified atom stereocenters. The number of likely N-dealkylation sites (N-methyl/N-ethyl adjacent to an activating group) is 2. The van der Waals surface area contributed by atoms with Crippen LogP contribution in [0.4, 0.5) is 5.95 Å². The molecule has 2 rings (SSSR count). The number of nitrogens with zero attached hydrogens (tertiary/aromatic N) is 4. The van der Waals surface area contributed by atoms with Crippen LogP contribution in [0.1, 0.15) is 32.1 Å². The molecule has 0 spiro atoms. The number of rotatable bonds is 5. The Labute approximate surface area is 103 Å². The lowest BCUT2D eigenvalue weighted by atomic mass is 10.2. The van der Waals surface area contributed by atoms with Gasteiger partial charge in [0.05, 0.1) is 0 Å². The average Bonchev–Trinajstić information content (AvgIpc) is 2.90. The molecule has 5 nitrogen and oxygen atoms in total. The van der Waals surface area contributed by atoms with Gasteiger partial charge in [-0.2, -0.15) is 4.98 Å². The van der Waals surface area contributed by atoms with Crippen molar-refractivity contribution < 1.29 is 4.52 Å². The highest BCUT2D eigenvalue weighted by Crippen LogP contribution is 2.17. The summed E-state index contributed by atoms with van der Waals surface area (Å²) in [5.74, 6) is 1.46. The Balaban J connectivity index is 1.91. The van der Waals surface area contributed by atoms with Crippen molar-refractivity contribution >= 4 is 5.95 Å². The molecule has 0 aliphatic carbocycles. The van der Waals surface area contributed by atoms with E-state index in [0.717, 1.165) is 25.3 Å². The Bertz CT molecular complexity index is 352. The summed E-state index contributed by atoms with van der Waals surface area (Å²) in [7, 11) is 4.22. The SMILES string of the molecule is CCCc1nc(N(C)CC2CCCN2C)no1. The molecule has 0 saturated carbocycles. The van der Waals surface area contributed by atoms with Gasteiger partial charge in [0.25, 0.3) is 5.95 Å². The van der Waals surface area contributed by atoms with Crippen molar-refractivity contribution in [3.8, 4) is 0 Å². The topological polar surface area (TPSA) is 45.4 Å².